The third-order valence-corrected chi connectivity index (χ3v) is 5.45. The van der Waals surface area contributed by atoms with Gasteiger partial charge in [0.2, 0.25) is 0 Å². The fourth-order valence-corrected chi connectivity index (χ4v) is 3.92. The molecule has 1 aliphatic rings. The summed E-state index contributed by atoms with van der Waals surface area (Å²) in [6.45, 7) is 5.29. The number of likely N-dealkylation sites (tertiary alicyclic amines) is 1. The number of aryl methyl sites for hydroxylation is 1. The first kappa shape index (κ1) is 22.9. The molecule has 2 heterocycles. The van der Waals surface area contributed by atoms with Crippen molar-refractivity contribution in [1.29, 1.82) is 0 Å². The molecule has 1 atom stereocenters. The molecular weight excluding hydrogens is 420 g/mol. The maximum absolute atomic E-state index is 13.0. The number of amides is 1. The summed E-state index contributed by atoms with van der Waals surface area (Å²) in [4.78, 5) is 28.5. The number of nitrogens with zero attached hydrogens (tertiary/aromatic N) is 1. The number of benzene rings is 1. The molecule has 1 aliphatic heterocycles. The smallest absolute Gasteiger partial charge is 0.295 e. The molecule has 166 valence electrons. The number of ether oxygens (including phenoxy) is 1. The van der Waals surface area contributed by atoms with Gasteiger partial charge in [0.25, 0.3) is 11.7 Å². The Labute approximate surface area is 186 Å². The average molecular weight is 448 g/mol. The Kier molecular flexibility index (Phi) is 7.08. The molecule has 0 radical (unpaired) electrons. The largest absolute Gasteiger partial charge is 0.507 e. The lowest BCUT2D eigenvalue weighted by atomic mass is 9.99. The molecular formula is C23H28ClN2O5+. The third-order valence-electron chi connectivity index (χ3n) is 5.15. The van der Waals surface area contributed by atoms with Gasteiger partial charge in [-0.3, -0.25) is 9.59 Å². The Hall–Kier alpha value is -2.77. The van der Waals surface area contributed by atoms with Crippen LogP contribution in [-0.4, -0.2) is 55.5 Å². The standard InChI is InChI=1S/C23H27ClN2O5/c1-5-30-17-10-8-15(13-16(17)24)21(27)19-20(18-9-7-14(2)31-18)26(23(29)22(19)28)12-6-11-25(3)4/h7-10,13,20,27H,5-6,11-12H2,1-4H3/p+1. The van der Waals surface area contributed by atoms with E-state index in [9.17, 15) is 14.7 Å². The third kappa shape index (κ3) is 4.78. The monoisotopic (exact) mass is 447 g/mol. The van der Waals surface area contributed by atoms with E-state index < -0.39 is 17.7 Å². The molecule has 1 unspecified atom stereocenters. The molecule has 0 spiro atoms. The first-order valence-electron chi connectivity index (χ1n) is 10.3. The van der Waals surface area contributed by atoms with Crippen molar-refractivity contribution in [3.63, 3.8) is 0 Å². The van der Waals surface area contributed by atoms with Crippen molar-refractivity contribution >= 4 is 29.1 Å². The lowest BCUT2D eigenvalue weighted by Crippen LogP contribution is -3.05. The molecule has 2 N–H and O–H groups in total. The van der Waals surface area contributed by atoms with Crippen molar-refractivity contribution in [1.82, 2.24) is 4.90 Å². The van der Waals surface area contributed by atoms with Crippen LogP contribution < -0.4 is 9.64 Å². The number of ketones is 1. The van der Waals surface area contributed by atoms with Crippen LogP contribution in [0.5, 0.6) is 5.75 Å². The van der Waals surface area contributed by atoms with Gasteiger partial charge in [-0.05, 0) is 44.2 Å². The Balaban J connectivity index is 2.06. The van der Waals surface area contributed by atoms with E-state index in [2.05, 4.69) is 0 Å². The van der Waals surface area contributed by atoms with Crippen LogP contribution in [0.1, 0.15) is 36.5 Å². The summed E-state index contributed by atoms with van der Waals surface area (Å²) in [5.74, 6) is -0.103. The zero-order valence-electron chi connectivity index (χ0n) is 18.2. The Morgan fingerprint density at radius 1 is 1.26 bits per heavy atom. The number of hydrogen-bond donors (Lipinski definition) is 2. The van der Waals surface area contributed by atoms with E-state index in [4.69, 9.17) is 20.8 Å². The maximum Gasteiger partial charge on any atom is 0.295 e. The molecule has 0 saturated carbocycles. The van der Waals surface area contributed by atoms with Gasteiger partial charge >= 0.3 is 0 Å². The number of quaternary nitrogens is 1. The van der Waals surface area contributed by atoms with E-state index in [1.807, 2.05) is 21.0 Å². The maximum atomic E-state index is 13.0. The SMILES string of the molecule is CCOc1ccc(C(O)=C2C(=O)C(=O)N(CCC[NH+](C)C)C2c2ccc(C)o2)cc1Cl. The van der Waals surface area contributed by atoms with Crippen LogP contribution >= 0.6 is 11.6 Å². The minimum atomic E-state index is -0.795. The number of carbonyl (C=O) groups excluding carboxylic acids is 2. The van der Waals surface area contributed by atoms with Crippen LogP contribution in [0.25, 0.3) is 5.76 Å². The Morgan fingerprint density at radius 3 is 2.58 bits per heavy atom. The van der Waals surface area contributed by atoms with E-state index in [0.29, 0.717) is 47.4 Å². The predicted octanol–water partition coefficient (Wildman–Crippen LogP) is 2.60. The van der Waals surface area contributed by atoms with Crippen LogP contribution in [0.15, 0.2) is 40.3 Å². The van der Waals surface area contributed by atoms with Crippen LogP contribution in [0.3, 0.4) is 0 Å². The topological polar surface area (TPSA) is 84.4 Å². The highest BCUT2D eigenvalue weighted by Crippen LogP contribution is 2.40. The van der Waals surface area contributed by atoms with E-state index in [0.717, 1.165) is 6.54 Å². The first-order chi connectivity index (χ1) is 14.7. The normalized spacial score (nSPS) is 18.3. The second kappa shape index (κ2) is 9.58. The minimum Gasteiger partial charge on any atom is -0.507 e. The predicted molar refractivity (Wildman–Crippen MR) is 117 cm³/mol. The van der Waals surface area contributed by atoms with Gasteiger partial charge in [-0.25, -0.2) is 0 Å². The van der Waals surface area contributed by atoms with Gasteiger partial charge in [0.15, 0.2) is 0 Å². The number of nitrogens with one attached hydrogen (secondary N) is 1. The second-order valence-corrected chi connectivity index (χ2v) is 8.24. The molecule has 1 amide bonds. The molecule has 7 nitrogen and oxygen atoms in total. The molecule has 1 aromatic heterocycles. The van der Waals surface area contributed by atoms with Crippen LogP contribution in [0.4, 0.5) is 0 Å². The highest BCUT2D eigenvalue weighted by molar-refractivity contribution is 6.46. The van der Waals surface area contributed by atoms with Gasteiger partial charge < -0.3 is 24.1 Å². The summed E-state index contributed by atoms with van der Waals surface area (Å²) in [5.41, 5.74) is 0.328. The summed E-state index contributed by atoms with van der Waals surface area (Å²) in [5, 5.41) is 11.4. The van der Waals surface area contributed by atoms with Crippen molar-refractivity contribution < 1.29 is 28.7 Å². The van der Waals surface area contributed by atoms with Gasteiger partial charge in [-0.2, -0.15) is 0 Å². The number of aliphatic hydroxyl groups is 1. The van der Waals surface area contributed by atoms with Gasteiger partial charge in [0, 0.05) is 18.5 Å². The van der Waals surface area contributed by atoms with Gasteiger partial charge in [-0.1, -0.05) is 11.6 Å². The second-order valence-electron chi connectivity index (χ2n) is 7.83. The first-order valence-corrected chi connectivity index (χ1v) is 10.7. The summed E-state index contributed by atoms with van der Waals surface area (Å²) in [7, 11) is 4.05. The number of rotatable bonds is 8. The minimum absolute atomic E-state index is 0.00298. The van der Waals surface area contributed by atoms with E-state index in [-0.39, 0.29) is 11.3 Å². The van der Waals surface area contributed by atoms with Crippen LogP contribution in [0.2, 0.25) is 5.02 Å². The van der Waals surface area contributed by atoms with Gasteiger partial charge in [0.1, 0.15) is 29.1 Å². The van der Waals surface area contributed by atoms with Crippen molar-refractivity contribution in [3.05, 3.63) is 58.0 Å². The number of furan rings is 1. The molecule has 1 saturated heterocycles. The van der Waals surface area contributed by atoms with Gasteiger partial charge in [0.05, 0.1) is 37.8 Å². The quantitative estimate of drug-likeness (QED) is 0.369. The van der Waals surface area contributed by atoms with E-state index >= 15 is 0 Å². The fraction of sp³-hybridized carbons (Fsp3) is 0.391. The summed E-state index contributed by atoms with van der Waals surface area (Å²) >= 11 is 6.27. The van der Waals surface area contributed by atoms with Crippen LogP contribution in [-0.2, 0) is 9.59 Å². The summed E-state index contributed by atoms with van der Waals surface area (Å²) in [6, 6.07) is 7.47. The lowest BCUT2D eigenvalue weighted by molar-refractivity contribution is -0.858. The lowest BCUT2D eigenvalue weighted by Gasteiger charge is -2.23. The highest BCUT2D eigenvalue weighted by Gasteiger charge is 2.47. The molecule has 1 aromatic carbocycles. The fourth-order valence-electron chi connectivity index (χ4n) is 3.69. The number of hydrogen-bond acceptors (Lipinski definition) is 5. The highest BCUT2D eigenvalue weighted by atomic mass is 35.5. The van der Waals surface area contributed by atoms with Crippen molar-refractivity contribution in [3.8, 4) is 5.75 Å². The Morgan fingerprint density at radius 2 is 2.00 bits per heavy atom. The van der Waals surface area contributed by atoms with Crippen LogP contribution in [0, 0.1) is 6.92 Å². The molecule has 31 heavy (non-hydrogen) atoms. The van der Waals surface area contributed by atoms with E-state index in [1.165, 1.54) is 15.9 Å². The molecule has 0 aliphatic carbocycles. The summed E-state index contributed by atoms with van der Waals surface area (Å²) < 4.78 is 11.2. The molecule has 8 heteroatoms. The van der Waals surface area contributed by atoms with Crippen molar-refractivity contribution in [2.45, 2.75) is 26.3 Å². The molecule has 2 aromatic rings. The number of carbonyl (C=O) groups is 2. The molecule has 1 fully saturated rings. The zero-order chi connectivity index (χ0) is 22.7. The Bertz CT molecular complexity index is 1010. The van der Waals surface area contributed by atoms with Crippen molar-refractivity contribution in [2.75, 3.05) is 33.8 Å². The molecule has 0 bridgehead atoms. The zero-order valence-corrected chi connectivity index (χ0v) is 19.0. The summed E-state index contributed by atoms with van der Waals surface area (Å²) in [6.07, 6.45) is 0.709. The molecule has 3 rings (SSSR count). The van der Waals surface area contributed by atoms with Crippen molar-refractivity contribution in [2.24, 2.45) is 0 Å². The number of aliphatic hydroxyl groups excluding tert-OH is 1. The number of Topliss-reactive ketones (excluding diaryl/α,β-unsaturated/α-hetero) is 1. The van der Waals surface area contributed by atoms with E-state index in [1.54, 1.807) is 31.2 Å². The number of halogens is 1. The average Bonchev–Trinajstić information content (AvgIpc) is 3.25. The van der Waals surface area contributed by atoms with Gasteiger partial charge in [-0.15, -0.1) is 0 Å².